The van der Waals surface area contributed by atoms with Gasteiger partial charge in [0.2, 0.25) is 0 Å². The van der Waals surface area contributed by atoms with E-state index in [0.29, 0.717) is 16.3 Å². The van der Waals surface area contributed by atoms with E-state index in [1.807, 2.05) is 0 Å². The molecular formula is C14H13Cl2N3O2. The number of rotatable bonds is 4. The predicted molar refractivity (Wildman–Crippen MR) is 82.7 cm³/mol. The number of hydrogen-bond acceptors (Lipinski definition) is 3. The van der Waals surface area contributed by atoms with E-state index in [0.717, 1.165) is 0 Å². The van der Waals surface area contributed by atoms with Crippen LogP contribution in [0.1, 0.15) is 11.7 Å². The average Bonchev–Trinajstić information content (AvgIpc) is 2.48. The van der Waals surface area contributed by atoms with Crippen molar-refractivity contribution < 1.29 is 9.90 Å². The Hall–Kier alpha value is -1.82. The maximum absolute atomic E-state index is 11.7. The van der Waals surface area contributed by atoms with Crippen molar-refractivity contribution in [3.63, 3.8) is 0 Å². The summed E-state index contributed by atoms with van der Waals surface area (Å²) >= 11 is 11.6. The highest BCUT2D eigenvalue weighted by atomic mass is 35.5. The van der Waals surface area contributed by atoms with Crippen LogP contribution in [0.4, 0.5) is 10.5 Å². The second-order valence-corrected chi connectivity index (χ2v) is 5.04. The van der Waals surface area contributed by atoms with Gasteiger partial charge in [0.15, 0.2) is 5.15 Å². The van der Waals surface area contributed by atoms with Crippen molar-refractivity contribution in [3.8, 4) is 0 Å². The topological polar surface area (TPSA) is 74.2 Å². The lowest BCUT2D eigenvalue weighted by atomic mass is 10.1. The number of aromatic nitrogens is 1. The van der Waals surface area contributed by atoms with E-state index >= 15 is 0 Å². The standard InChI is InChI=1S/C14H13Cl2N3O2/c15-10-5-3-9(4-6-10)12(20)8-18-14(21)19-11-2-1-7-17-13(11)16/h1-7,12,20H,8H2,(H2,18,19,21). The smallest absolute Gasteiger partial charge is 0.319 e. The number of hydrogen-bond donors (Lipinski definition) is 3. The first-order chi connectivity index (χ1) is 10.1. The molecule has 2 rings (SSSR count). The van der Waals surface area contributed by atoms with E-state index in [2.05, 4.69) is 15.6 Å². The molecule has 21 heavy (non-hydrogen) atoms. The van der Waals surface area contributed by atoms with Crippen molar-refractivity contribution in [1.82, 2.24) is 10.3 Å². The van der Waals surface area contributed by atoms with Gasteiger partial charge in [-0.25, -0.2) is 9.78 Å². The third kappa shape index (κ3) is 4.60. The zero-order chi connectivity index (χ0) is 15.2. The van der Waals surface area contributed by atoms with Crippen LogP contribution in [0.25, 0.3) is 0 Å². The fourth-order valence-corrected chi connectivity index (χ4v) is 1.93. The molecule has 5 nitrogen and oxygen atoms in total. The molecule has 0 bridgehead atoms. The number of pyridine rings is 1. The maximum atomic E-state index is 11.7. The first-order valence-corrected chi connectivity index (χ1v) is 6.91. The number of urea groups is 1. The van der Waals surface area contributed by atoms with Crippen LogP contribution in [0.3, 0.4) is 0 Å². The van der Waals surface area contributed by atoms with E-state index < -0.39 is 12.1 Å². The Labute approximate surface area is 131 Å². The van der Waals surface area contributed by atoms with Gasteiger partial charge in [-0.15, -0.1) is 0 Å². The maximum Gasteiger partial charge on any atom is 0.319 e. The van der Waals surface area contributed by atoms with Gasteiger partial charge < -0.3 is 15.7 Å². The molecule has 2 amide bonds. The number of aliphatic hydroxyl groups excluding tert-OH is 1. The molecule has 1 unspecified atom stereocenters. The molecule has 0 saturated carbocycles. The minimum absolute atomic E-state index is 0.0609. The molecule has 1 atom stereocenters. The van der Waals surface area contributed by atoms with Crippen molar-refractivity contribution in [2.24, 2.45) is 0 Å². The Balaban J connectivity index is 1.86. The molecule has 3 N–H and O–H groups in total. The number of halogens is 2. The number of amides is 2. The van der Waals surface area contributed by atoms with Crippen molar-refractivity contribution in [1.29, 1.82) is 0 Å². The van der Waals surface area contributed by atoms with Gasteiger partial charge in [0.1, 0.15) is 0 Å². The van der Waals surface area contributed by atoms with Crippen molar-refractivity contribution >= 4 is 34.9 Å². The summed E-state index contributed by atoms with van der Waals surface area (Å²) in [6.45, 7) is 0.0609. The summed E-state index contributed by atoms with van der Waals surface area (Å²) in [5, 5.41) is 15.8. The van der Waals surface area contributed by atoms with Gasteiger partial charge in [-0.1, -0.05) is 35.3 Å². The summed E-state index contributed by atoms with van der Waals surface area (Å²) in [7, 11) is 0. The summed E-state index contributed by atoms with van der Waals surface area (Å²) in [5.74, 6) is 0. The van der Waals surface area contributed by atoms with Gasteiger partial charge in [-0.05, 0) is 29.8 Å². The van der Waals surface area contributed by atoms with Crippen molar-refractivity contribution in [2.75, 3.05) is 11.9 Å². The summed E-state index contributed by atoms with van der Waals surface area (Å²) in [4.78, 5) is 15.6. The number of carbonyl (C=O) groups is 1. The molecule has 110 valence electrons. The summed E-state index contributed by atoms with van der Waals surface area (Å²) < 4.78 is 0. The van der Waals surface area contributed by atoms with Gasteiger partial charge >= 0.3 is 6.03 Å². The zero-order valence-corrected chi connectivity index (χ0v) is 12.4. The van der Waals surface area contributed by atoms with Crippen LogP contribution in [-0.2, 0) is 0 Å². The van der Waals surface area contributed by atoms with Crippen LogP contribution in [0.2, 0.25) is 10.2 Å². The molecule has 2 aromatic rings. The van der Waals surface area contributed by atoms with Crippen molar-refractivity contribution in [2.45, 2.75) is 6.10 Å². The Morgan fingerprint density at radius 1 is 1.24 bits per heavy atom. The number of nitrogens with zero attached hydrogens (tertiary/aromatic N) is 1. The second-order valence-electron chi connectivity index (χ2n) is 4.24. The third-order valence-corrected chi connectivity index (χ3v) is 3.27. The minimum atomic E-state index is -0.822. The lowest BCUT2D eigenvalue weighted by Crippen LogP contribution is -2.32. The molecule has 1 aromatic carbocycles. The Morgan fingerprint density at radius 3 is 2.62 bits per heavy atom. The fourth-order valence-electron chi connectivity index (χ4n) is 1.64. The number of anilines is 1. The van der Waals surface area contributed by atoms with E-state index in [-0.39, 0.29) is 11.7 Å². The highest BCUT2D eigenvalue weighted by molar-refractivity contribution is 6.32. The SMILES string of the molecule is O=C(NCC(O)c1ccc(Cl)cc1)Nc1cccnc1Cl. The molecule has 0 spiro atoms. The van der Waals surface area contributed by atoms with Gasteiger partial charge in [0.25, 0.3) is 0 Å². The summed E-state index contributed by atoms with van der Waals surface area (Å²) in [6.07, 6.45) is 0.702. The highest BCUT2D eigenvalue weighted by Crippen LogP contribution is 2.18. The molecule has 0 aliphatic carbocycles. The largest absolute Gasteiger partial charge is 0.387 e. The van der Waals surface area contributed by atoms with Gasteiger partial charge in [0, 0.05) is 17.8 Å². The lowest BCUT2D eigenvalue weighted by molar-refractivity contribution is 0.175. The first-order valence-electron chi connectivity index (χ1n) is 6.15. The van der Waals surface area contributed by atoms with Crippen LogP contribution in [0, 0.1) is 0 Å². The average molecular weight is 326 g/mol. The quantitative estimate of drug-likeness (QED) is 0.755. The van der Waals surface area contributed by atoms with Gasteiger partial charge in [-0.2, -0.15) is 0 Å². The number of aliphatic hydroxyl groups is 1. The molecule has 1 heterocycles. The van der Waals surface area contributed by atoms with Crippen LogP contribution in [0.5, 0.6) is 0 Å². The molecule has 0 fully saturated rings. The molecule has 0 aliphatic rings. The van der Waals surface area contributed by atoms with Crippen LogP contribution in [-0.4, -0.2) is 22.7 Å². The lowest BCUT2D eigenvalue weighted by Gasteiger charge is -2.13. The Kier molecular flexibility index (Phi) is 5.38. The molecular weight excluding hydrogens is 313 g/mol. The van der Waals surface area contributed by atoms with Crippen LogP contribution < -0.4 is 10.6 Å². The number of nitrogens with one attached hydrogen (secondary N) is 2. The predicted octanol–water partition coefficient (Wildman–Crippen LogP) is 3.24. The van der Waals surface area contributed by atoms with E-state index in [4.69, 9.17) is 23.2 Å². The molecule has 0 radical (unpaired) electrons. The van der Waals surface area contributed by atoms with Gasteiger partial charge in [0.05, 0.1) is 11.8 Å². The third-order valence-electron chi connectivity index (χ3n) is 2.72. The van der Waals surface area contributed by atoms with E-state index in [1.165, 1.54) is 6.20 Å². The Morgan fingerprint density at radius 2 is 1.95 bits per heavy atom. The van der Waals surface area contributed by atoms with Crippen LogP contribution in [0.15, 0.2) is 42.6 Å². The van der Waals surface area contributed by atoms with E-state index in [1.54, 1.807) is 36.4 Å². The minimum Gasteiger partial charge on any atom is -0.387 e. The van der Waals surface area contributed by atoms with Crippen molar-refractivity contribution in [3.05, 3.63) is 58.3 Å². The summed E-state index contributed by atoms with van der Waals surface area (Å²) in [5.41, 5.74) is 1.07. The summed E-state index contributed by atoms with van der Waals surface area (Å²) in [6, 6.07) is 9.56. The zero-order valence-electron chi connectivity index (χ0n) is 10.9. The second kappa shape index (κ2) is 7.26. The molecule has 0 saturated heterocycles. The van der Waals surface area contributed by atoms with E-state index in [9.17, 15) is 9.90 Å². The molecule has 0 aliphatic heterocycles. The monoisotopic (exact) mass is 325 g/mol. The number of benzene rings is 1. The molecule has 7 heteroatoms. The number of carbonyl (C=O) groups excluding carboxylic acids is 1. The first kappa shape index (κ1) is 15.6. The normalized spacial score (nSPS) is 11.8. The Bertz CT molecular complexity index is 620. The highest BCUT2D eigenvalue weighted by Gasteiger charge is 2.10. The fraction of sp³-hybridized carbons (Fsp3) is 0.143. The van der Waals surface area contributed by atoms with Crippen LogP contribution >= 0.6 is 23.2 Å². The molecule has 1 aromatic heterocycles. The van der Waals surface area contributed by atoms with Gasteiger partial charge in [-0.3, -0.25) is 0 Å².